The molecule has 0 saturated heterocycles. The molecule has 0 saturated carbocycles. The van der Waals surface area contributed by atoms with E-state index in [0.717, 1.165) is 16.8 Å². The Kier molecular flexibility index (Phi) is 8.17. The fourth-order valence-electron chi connectivity index (χ4n) is 3.79. The zero-order valence-electron chi connectivity index (χ0n) is 21.7. The molecule has 0 aliphatic rings. The fraction of sp³-hybridized carbons (Fsp3) is 0.0938. The quantitative estimate of drug-likeness (QED) is 0.143. The molecule has 8 nitrogen and oxygen atoms in total. The van der Waals surface area contributed by atoms with Crippen molar-refractivity contribution in [2.24, 2.45) is 5.16 Å². The van der Waals surface area contributed by atoms with Crippen molar-refractivity contribution in [3.05, 3.63) is 132 Å². The number of carboxylic acids is 1. The average molecular weight is 535 g/mol. The van der Waals surface area contributed by atoms with Crippen LogP contribution >= 0.6 is 0 Å². The molecule has 1 N–H and O–H groups in total. The van der Waals surface area contributed by atoms with Gasteiger partial charge in [-0.2, -0.15) is 0 Å². The van der Waals surface area contributed by atoms with Crippen LogP contribution in [0.4, 0.5) is 0 Å². The first-order valence-electron chi connectivity index (χ1n) is 12.6. The average Bonchev–Trinajstić information content (AvgIpc) is 3.36. The van der Waals surface area contributed by atoms with Crippen LogP contribution in [-0.2, 0) is 22.8 Å². The van der Waals surface area contributed by atoms with Crippen molar-refractivity contribution < 1.29 is 28.6 Å². The minimum atomic E-state index is -1.20. The monoisotopic (exact) mass is 534 g/mol. The molecule has 0 bridgehead atoms. The first kappa shape index (κ1) is 26.2. The van der Waals surface area contributed by atoms with Gasteiger partial charge in [0.25, 0.3) is 0 Å². The summed E-state index contributed by atoms with van der Waals surface area (Å²) in [6, 6.07) is 32.9. The van der Waals surface area contributed by atoms with E-state index in [1.165, 1.54) is 0 Å². The molecule has 0 spiro atoms. The van der Waals surface area contributed by atoms with Crippen molar-refractivity contribution in [3.63, 3.8) is 0 Å². The van der Waals surface area contributed by atoms with Gasteiger partial charge in [-0.15, -0.1) is 0 Å². The first-order valence-corrected chi connectivity index (χ1v) is 12.6. The SMILES string of the molecule is Cc1oc(-c2ccccc2)nc1COc1ccc(CON=C(C(=O)O)c2ccc(Oc3ccccc3)cc2)cc1. The van der Waals surface area contributed by atoms with Gasteiger partial charge in [0.1, 0.15) is 41.9 Å². The van der Waals surface area contributed by atoms with E-state index in [1.54, 1.807) is 36.4 Å². The van der Waals surface area contributed by atoms with E-state index < -0.39 is 5.97 Å². The smallest absolute Gasteiger partial charge is 0.358 e. The van der Waals surface area contributed by atoms with Crippen LogP contribution in [0.3, 0.4) is 0 Å². The van der Waals surface area contributed by atoms with Gasteiger partial charge in [0, 0.05) is 11.1 Å². The molecule has 0 atom stereocenters. The molecule has 0 aliphatic carbocycles. The van der Waals surface area contributed by atoms with Crippen LogP contribution in [0.2, 0.25) is 0 Å². The van der Waals surface area contributed by atoms with Crippen molar-refractivity contribution in [2.45, 2.75) is 20.1 Å². The molecular weight excluding hydrogens is 508 g/mol. The fourth-order valence-corrected chi connectivity index (χ4v) is 3.79. The predicted octanol–water partition coefficient (Wildman–Crippen LogP) is 7.03. The summed E-state index contributed by atoms with van der Waals surface area (Å²) in [5, 5.41) is 13.5. The lowest BCUT2D eigenvalue weighted by Crippen LogP contribution is -2.15. The van der Waals surface area contributed by atoms with Crippen LogP contribution in [0.15, 0.2) is 119 Å². The van der Waals surface area contributed by atoms with E-state index in [2.05, 4.69) is 10.1 Å². The molecule has 5 aromatic rings. The van der Waals surface area contributed by atoms with E-state index in [9.17, 15) is 9.90 Å². The van der Waals surface area contributed by atoms with Gasteiger partial charge in [0.2, 0.25) is 5.89 Å². The van der Waals surface area contributed by atoms with E-state index in [-0.39, 0.29) is 18.9 Å². The van der Waals surface area contributed by atoms with Crippen LogP contribution in [0.1, 0.15) is 22.6 Å². The number of para-hydroxylation sites is 1. The number of rotatable bonds is 11. The Morgan fingerprint density at radius 1 is 0.800 bits per heavy atom. The Labute approximate surface area is 231 Å². The number of oxazole rings is 1. The third kappa shape index (κ3) is 6.73. The normalized spacial score (nSPS) is 11.2. The zero-order chi connectivity index (χ0) is 27.7. The Bertz CT molecular complexity index is 1580. The van der Waals surface area contributed by atoms with Crippen LogP contribution in [0.25, 0.3) is 11.5 Å². The molecule has 4 aromatic carbocycles. The highest BCUT2D eigenvalue weighted by Crippen LogP contribution is 2.24. The van der Waals surface area contributed by atoms with Gasteiger partial charge < -0.3 is 23.8 Å². The highest BCUT2D eigenvalue weighted by Gasteiger charge is 2.15. The highest BCUT2D eigenvalue weighted by molar-refractivity contribution is 6.42. The van der Waals surface area contributed by atoms with Crippen LogP contribution in [0.5, 0.6) is 17.2 Å². The zero-order valence-corrected chi connectivity index (χ0v) is 21.7. The number of aryl methyl sites for hydroxylation is 1. The van der Waals surface area contributed by atoms with E-state index in [1.807, 2.05) is 79.7 Å². The lowest BCUT2D eigenvalue weighted by atomic mass is 10.1. The van der Waals surface area contributed by atoms with E-state index >= 15 is 0 Å². The summed E-state index contributed by atoms with van der Waals surface area (Å²) in [6.45, 7) is 2.21. The minimum Gasteiger partial charge on any atom is -0.487 e. The van der Waals surface area contributed by atoms with Gasteiger partial charge in [-0.3, -0.25) is 0 Å². The second-order valence-corrected chi connectivity index (χ2v) is 8.78. The van der Waals surface area contributed by atoms with Gasteiger partial charge in [-0.05, 0) is 73.2 Å². The van der Waals surface area contributed by atoms with Gasteiger partial charge in [0.15, 0.2) is 5.71 Å². The highest BCUT2D eigenvalue weighted by atomic mass is 16.6. The summed E-state index contributed by atoms with van der Waals surface area (Å²) in [5.74, 6) is 1.99. The predicted molar refractivity (Wildman–Crippen MR) is 149 cm³/mol. The molecule has 0 fully saturated rings. The third-order valence-electron chi connectivity index (χ3n) is 5.91. The van der Waals surface area contributed by atoms with Gasteiger partial charge >= 0.3 is 5.97 Å². The minimum absolute atomic E-state index is 0.0924. The Hall–Kier alpha value is -5.37. The number of benzene rings is 4. The maximum Gasteiger partial charge on any atom is 0.358 e. The number of oxime groups is 1. The Morgan fingerprint density at radius 3 is 2.10 bits per heavy atom. The maximum absolute atomic E-state index is 11.8. The summed E-state index contributed by atoms with van der Waals surface area (Å²) in [6.07, 6.45) is 0. The lowest BCUT2D eigenvalue weighted by molar-refractivity contribution is -0.129. The maximum atomic E-state index is 11.8. The molecule has 40 heavy (non-hydrogen) atoms. The molecule has 8 heteroatoms. The van der Waals surface area contributed by atoms with Crippen LogP contribution in [0, 0.1) is 6.92 Å². The van der Waals surface area contributed by atoms with Crippen molar-refractivity contribution >= 4 is 11.7 Å². The summed E-state index contributed by atoms with van der Waals surface area (Å²) < 4.78 is 17.4. The van der Waals surface area contributed by atoms with Crippen LogP contribution in [-0.4, -0.2) is 21.8 Å². The van der Waals surface area contributed by atoms with Crippen molar-refractivity contribution in [3.8, 4) is 28.7 Å². The second kappa shape index (κ2) is 12.4. The van der Waals surface area contributed by atoms with Crippen molar-refractivity contribution in [1.82, 2.24) is 4.98 Å². The lowest BCUT2D eigenvalue weighted by Gasteiger charge is -2.08. The largest absolute Gasteiger partial charge is 0.487 e. The number of aliphatic carboxylic acids is 1. The number of hydrogen-bond donors (Lipinski definition) is 1. The van der Waals surface area contributed by atoms with Crippen LogP contribution < -0.4 is 9.47 Å². The topological polar surface area (TPSA) is 103 Å². The Balaban J connectivity index is 1.15. The molecule has 1 heterocycles. The third-order valence-corrected chi connectivity index (χ3v) is 5.91. The standard InChI is InChI=1S/C32H26N2O6/c1-22-29(33-31(39-22)25-8-4-2-5-9-25)21-37-26-16-12-23(13-17-26)20-38-34-30(32(35)36)24-14-18-28(19-15-24)40-27-10-6-3-7-11-27/h2-19H,20-21H2,1H3,(H,35,36). The second-order valence-electron chi connectivity index (χ2n) is 8.78. The molecule has 0 unspecified atom stereocenters. The van der Waals surface area contributed by atoms with Gasteiger partial charge in [-0.1, -0.05) is 53.7 Å². The molecule has 0 radical (unpaired) electrons. The van der Waals surface area contributed by atoms with E-state index in [0.29, 0.717) is 34.5 Å². The number of ether oxygens (including phenoxy) is 2. The summed E-state index contributed by atoms with van der Waals surface area (Å²) in [4.78, 5) is 21.7. The summed E-state index contributed by atoms with van der Waals surface area (Å²) in [5.41, 5.74) is 2.63. The number of aromatic nitrogens is 1. The number of carbonyl (C=O) groups is 1. The molecular formula is C32H26N2O6. The van der Waals surface area contributed by atoms with Gasteiger partial charge in [-0.25, -0.2) is 9.78 Å². The molecule has 1 aromatic heterocycles. The number of nitrogens with zero attached hydrogens (tertiary/aromatic N) is 2. The molecule has 5 rings (SSSR count). The molecule has 0 aliphatic heterocycles. The van der Waals surface area contributed by atoms with Crippen molar-refractivity contribution in [1.29, 1.82) is 0 Å². The number of carboxylic acid groups (broad SMARTS) is 1. The van der Waals surface area contributed by atoms with Gasteiger partial charge in [0.05, 0.1) is 0 Å². The summed E-state index contributed by atoms with van der Waals surface area (Å²) >= 11 is 0. The summed E-state index contributed by atoms with van der Waals surface area (Å²) in [7, 11) is 0. The first-order chi connectivity index (χ1) is 19.5. The number of hydrogen-bond acceptors (Lipinski definition) is 7. The Morgan fingerprint density at radius 2 is 1.43 bits per heavy atom. The van der Waals surface area contributed by atoms with Crippen molar-refractivity contribution in [2.75, 3.05) is 0 Å². The molecule has 0 amide bonds. The van der Waals surface area contributed by atoms with E-state index in [4.69, 9.17) is 18.7 Å². The molecule has 200 valence electrons.